The number of anilines is 1. The minimum atomic E-state index is -1.26. The summed E-state index contributed by atoms with van der Waals surface area (Å²) in [5.74, 6) is -0.165. The number of ether oxygens (including phenoxy) is 1. The Hall–Kier alpha value is -3.84. The van der Waals surface area contributed by atoms with Crippen LogP contribution in [0.5, 0.6) is 5.75 Å². The Balaban J connectivity index is 0.000000611. The Labute approximate surface area is 239 Å². The summed E-state index contributed by atoms with van der Waals surface area (Å²) in [4.78, 5) is 36.4. The van der Waals surface area contributed by atoms with Crippen molar-refractivity contribution in [3.63, 3.8) is 0 Å². The normalized spacial score (nSPS) is 15.3. The molecule has 3 N–H and O–H groups in total. The third-order valence-corrected chi connectivity index (χ3v) is 7.18. The van der Waals surface area contributed by atoms with E-state index in [2.05, 4.69) is 10.8 Å². The number of nitrogens with zero attached hydrogens (tertiary/aromatic N) is 2. The number of hydrogen-bond donors (Lipinski definition) is 3. The van der Waals surface area contributed by atoms with E-state index in [1.54, 1.807) is 20.1 Å². The SMILES string of the molecule is C#CCN(C(=O)C(C)C1(O)CCN(CCc2ccccc2Cl)CC1)c1ccccc1OC.O=C(O)/C=C\C(=O)O. The Kier molecular flexibility index (Phi) is 12.7. The first-order chi connectivity index (χ1) is 19.0. The lowest BCUT2D eigenvalue weighted by Crippen LogP contribution is -2.53. The Bertz CT molecular complexity index is 1220. The van der Waals surface area contributed by atoms with Crippen LogP contribution in [0.1, 0.15) is 25.3 Å². The van der Waals surface area contributed by atoms with Crippen LogP contribution in [0.3, 0.4) is 0 Å². The number of carbonyl (C=O) groups excluding carboxylic acids is 1. The van der Waals surface area contributed by atoms with E-state index in [0.29, 0.717) is 36.4 Å². The maximum atomic E-state index is 13.4. The molecule has 3 rings (SSSR count). The number of rotatable bonds is 10. The zero-order chi connectivity index (χ0) is 29.7. The van der Waals surface area contributed by atoms with Crippen molar-refractivity contribution in [3.05, 3.63) is 71.3 Å². The number of aliphatic carboxylic acids is 2. The number of likely N-dealkylation sites (tertiary alicyclic amines) is 1. The number of benzene rings is 2. The van der Waals surface area contributed by atoms with Crippen molar-refractivity contribution in [2.24, 2.45) is 5.92 Å². The summed E-state index contributed by atoms with van der Waals surface area (Å²) in [5.41, 5.74) is 0.665. The number of halogens is 1. The molecule has 10 heteroatoms. The molecule has 0 aromatic heterocycles. The van der Waals surface area contributed by atoms with Gasteiger partial charge in [0, 0.05) is 36.8 Å². The quantitative estimate of drug-likeness (QED) is 0.291. The third kappa shape index (κ3) is 9.42. The van der Waals surface area contributed by atoms with E-state index in [4.69, 9.17) is 33.0 Å². The van der Waals surface area contributed by atoms with Crippen LogP contribution in [-0.4, -0.2) is 77.0 Å². The lowest BCUT2D eigenvalue weighted by Gasteiger charge is -2.42. The molecule has 1 atom stereocenters. The molecule has 1 aliphatic heterocycles. The first-order valence-electron chi connectivity index (χ1n) is 12.7. The van der Waals surface area contributed by atoms with E-state index < -0.39 is 23.5 Å². The lowest BCUT2D eigenvalue weighted by molar-refractivity contribution is -0.135. The summed E-state index contributed by atoms with van der Waals surface area (Å²) >= 11 is 6.27. The average Bonchev–Trinajstić information content (AvgIpc) is 2.95. The van der Waals surface area contributed by atoms with Crippen LogP contribution in [-0.2, 0) is 20.8 Å². The van der Waals surface area contributed by atoms with E-state index in [0.717, 1.165) is 36.6 Å². The largest absolute Gasteiger partial charge is 0.495 e. The minimum Gasteiger partial charge on any atom is -0.495 e. The number of piperidine rings is 1. The minimum absolute atomic E-state index is 0.115. The number of amides is 1. The Morgan fingerprint density at radius 1 is 1.10 bits per heavy atom. The maximum absolute atomic E-state index is 13.4. The molecule has 0 bridgehead atoms. The van der Waals surface area contributed by atoms with Gasteiger partial charge in [-0.3, -0.25) is 9.69 Å². The number of methoxy groups -OCH3 is 1. The molecule has 1 aliphatic rings. The van der Waals surface area contributed by atoms with Gasteiger partial charge < -0.3 is 25.0 Å². The van der Waals surface area contributed by atoms with Crippen LogP contribution < -0.4 is 9.64 Å². The predicted octanol–water partition coefficient (Wildman–Crippen LogP) is 3.73. The molecule has 1 unspecified atom stereocenters. The van der Waals surface area contributed by atoms with Gasteiger partial charge in [-0.05, 0) is 43.0 Å². The summed E-state index contributed by atoms with van der Waals surface area (Å²) < 4.78 is 5.42. The number of terminal acetylenes is 1. The van der Waals surface area contributed by atoms with Crippen LogP contribution in [0.25, 0.3) is 0 Å². The Morgan fingerprint density at radius 3 is 2.23 bits per heavy atom. The van der Waals surface area contributed by atoms with Gasteiger partial charge in [-0.1, -0.05) is 54.8 Å². The monoisotopic (exact) mass is 570 g/mol. The van der Waals surface area contributed by atoms with Gasteiger partial charge in [0.1, 0.15) is 5.75 Å². The van der Waals surface area contributed by atoms with E-state index in [1.807, 2.05) is 42.5 Å². The summed E-state index contributed by atoms with van der Waals surface area (Å²) in [6, 6.07) is 15.2. The molecular weight excluding hydrogens is 536 g/mol. The van der Waals surface area contributed by atoms with E-state index >= 15 is 0 Å². The van der Waals surface area contributed by atoms with Crippen molar-refractivity contribution < 1.29 is 34.4 Å². The highest BCUT2D eigenvalue weighted by Crippen LogP contribution is 2.35. The zero-order valence-corrected chi connectivity index (χ0v) is 23.4. The molecular formula is C30H35ClN2O7. The molecule has 0 radical (unpaired) electrons. The van der Waals surface area contributed by atoms with Crippen molar-refractivity contribution in [3.8, 4) is 18.1 Å². The second-order valence-corrected chi connectivity index (χ2v) is 9.73. The van der Waals surface area contributed by atoms with E-state index in [9.17, 15) is 19.5 Å². The molecule has 2 aromatic carbocycles. The Morgan fingerprint density at radius 2 is 1.68 bits per heavy atom. The second kappa shape index (κ2) is 15.7. The predicted molar refractivity (Wildman–Crippen MR) is 154 cm³/mol. The fourth-order valence-electron chi connectivity index (χ4n) is 4.41. The van der Waals surface area contributed by atoms with Crippen molar-refractivity contribution in [1.29, 1.82) is 0 Å². The molecule has 0 spiro atoms. The smallest absolute Gasteiger partial charge is 0.328 e. The van der Waals surface area contributed by atoms with Crippen molar-refractivity contribution >= 4 is 35.1 Å². The second-order valence-electron chi connectivity index (χ2n) is 9.32. The van der Waals surface area contributed by atoms with Gasteiger partial charge in [-0.2, -0.15) is 0 Å². The number of carbonyl (C=O) groups is 3. The number of para-hydroxylation sites is 2. The maximum Gasteiger partial charge on any atom is 0.328 e. The fraction of sp³-hybridized carbons (Fsp3) is 0.367. The lowest BCUT2D eigenvalue weighted by atomic mass is 9.79. The summed E-state index contributed by atoms with van der Waals surface area (Å²) in [5, 5.41) is 27.8. The third-order valence-electron chi connectivity index (χ3n) is 6.81. The molecule has 214 valence electrons. The van der Waals surface area contributed by atoms with Crippen LogP contribution in [0.15, 0.2) is 60.7 Å². The van der Waals surface area contributed by atoms with Gasteiger partial charge >= 0.3 is 11.9 Å². The highest BCUT2D eigenvalue weighted by atomic mass is 35.5. The van der Waals surface area contributed by atoms with Gasteiger partial charge in [0.2, 0.25) is 5.91 Å². The van der Waals surface area contributed by atoms with E-state index in [-0.39, 0.29) is 12.5 Å². The van der Waals surface area contributed by atoms with Crippen molar-refractivity contribution in [2.75, 3.05) is 38.2 Å². The molecule has 1 amide bonds. The van der Waals surface area contributed by atoms with Gasteiger partial charge in [-0.25, -0.2) is 9.59 Å². The molecule has 1 fully saturated rings. The molecule has 40 heavy (non-hydrogen) atoms. The summed E-state index contributed by atoms with van der Waals surface area (Å²) in [7, 11) is 1.56. The highest BCUT2D eigenvalue weighted by molar-refractivity contribution is 6.31. The molecule has 2 aromatic rings. The highest BCUT2D eigenvalue weighted by Gasteiger charge is 2.42. The van der Waals surface area contributed by atoms with Crippen LogP contribution in [0.4, 0.5) is 5.69 Å². The number of carboxylic acids is 2. The zero-order valence-electron chi connectivity index (χ0n) is 22.6. The summed E-state index contributed by atoms with van der Waals surface area (Å²) in [6.07, 6.45) is 8.58. The molecule has 0 aliphatic carbocycles. The van der Waals surface area contributed by atoms with Crippen LogP contribution in [0.2, 0.25) is 5.02 Å². The molecule has 9 nitrogen and oxygen atoms in total. The van der Waals surface area contributed by atoms with Gasteiger partial charge in [0.15, 0.2) is 0 Å². The van der Waals surface area contributed by atoms with Crippen molar-refractivity contribution in [2.45, 2.75) is 31.8 Å². The number of carboxylic acid groups (broad SMARTS) is 2. The van der Waals surface area contributed by atoms with Gasteiger partial charge in [0.05, 0.1) is 30.9 Å². The first-order valence-corrected chi connectivity index (χ1v) is 13.1. The average molecular weight is 571 g/mol. The van der Waals surface area contributed by atoms with Gasteiger partial charge in [-0.15, -0.1) is 6.42 Å². The molecule has 0 saturated carbocycles. The number of hydrogen-bond acceptors (Lipinski definition) is 6. The molecule has 1 saturated heterocycles. The summed E-state index contributed by atoms with van der Waals surface area (Å²) in [6.45, 7) is 4.22. The number of aliphatic hydroxyl groups is 1. The van der Waals surface area contributed by atoms with E-state index in [1.165, 1.54) is 4.90 Å². The van der Waals surface area contributed by atoms with Crippen molar-refractivity contribution in [1.82, 2.24) is 4.90 Å². The van der Waals surface area contributed by atoms with Crippen LogP contribution >= 0.6 is 11.6 Å². The first kappa shape index (κ1) is 32.4. The fourth-order valence-corrected chi connectivity index (χ4v) is 4.64. The standard InChI is InChI=1S/C26H31ClN2O3.C4H4O4/c1-4-16-29(23-11-7-8-12-24(23)32-3)25(30)20(2)26(31)14-18-28(19-15-26)17-13-21-9-5-6-10-22(21)27;5-3(6)1-2-4(7)8/h1,5-12,20,31H,13-19H2,2-3H3;1-2H,(H,5,6)(H,7,8)/b;2-1-. The molecule has 1 heterocycles. The van der Waals surface area contributed by atoms with Crippen LogP contribution in [0, 0.1) is 18.3 Å². The van der Waals surface area contributed by atoms with Gasteiger partial charge in [0.25, 0.3) is 0 Å². The topological polar surface area (TPSA) is 128 Å².